The van der Waals surface area contributed by atoms with E-state index >= 15 is 0 Å². The van der Waals surface area contributed by atoms with Crippen LogP contribution in [0, 0.1) is 13.8 Å². The van der Waals surface area contributed by atoms with Gasteiger partial charge in [-0.1, -0.05) is 0 Å². The summed E-state index contributed by atoms with van der Waals surface area (Å²) in [6.07, 6.45) is -2.61. The zero-order valence-corrected chi connectivity index (χ0v) is 8.65. The fourth-order valence-electron chi connectivity index (χ4n) is 1.89. The van der Waals surface area contributed by atoms with Gasteiger partial charge in [-0.05, 0) is 38.3 Å². The number of hydrogen-bond donors (Lipinski definition) is 0. The highest BCUT2D eigenvalue weighted by atomic mass is 19.4. The van der Waals surface area contributed by atoms with E-state index in [4.69, 9.17) is 0 Å². The molecule has 0 radical (unpaired) electrons. The van der Waals surface area contributed by atoms with Crippen molar-refractivity contribution in [3.8, 4) is 0 Å². The van der Waals surface area contributed by atoms with Crippen molar-refractivity contribution in [3.05, 3.63) is 28.6 Å². The van der Waals surface area contributed by atoms with Crippen molar-refractivity contribution in [3.63, 3.8) is 0 Å². The van der Waals surface area contributed by atoms with Crippen LogP contribution in [0.2, 0.25) is 0 Å². The molecule has 1 heterocycles. The summed E-state index contributed by atoms with van der Waals surface area (Å²) in [5, 5.41) is 0. The quantitative estimate of drug-likeness (QED) is 0.697. The molecule has 0 aromatic carbocycles. The summed E-state index contributed by atoms with van der Waals surface area (Å²) in [4.78, 5) is 4.04. The second-order valence-corrected chi connectivity index (χ2v) is 4.11. The highest BCUT2D eigenvalue weighted by molar-refractivity contribution is 5.37. The Kier molecular flexibility index (Phi) is 2.24. The molecule has 1 saturated carbocycles. The van der Waals surface area contributed by atoms with Crippen LogP contribution in [0.15, 0.2) is 6.07 Å². The molecule has 0 bridgehead atoms. The van der Waals surface area contributed by atoms with E-state index in [1.54, 1.807) is 6.92 Å². The molecule has 0 N–H and O–H groups in total. The van der Waals surface area contributed by atoms with E-state index in [0.29, 0.717) is 5.69 Å². The van der Waals surface area contributed by atoms with Gasteiger partial charge in [-0.25, -0.2) is 0 Å². The Morgan fingerprint density at radius 3 is 2.33 bits per heavy atom. The zero-order valence-electron chi connectivity index (χ0n) is 8.65. The highest BCUT2D eigenvalue weighted by Crippen LogP contribution is 2.45. The number of aryl methyl sites for hydroxylation is 2. The van der Waals surface area contributed by atoms with Gasteiger partial charge in [-0.3, -0.25) is 4.98 Å². The summed E-state index contributed by atoms with van der Waals surface area (Å²) in [6, 6.07) is 1.49. The van der Waals surface area contributed by atoms with E-state index in [9.17, 15) is 13.2 Å². The third-order valence-electron chi connectivity index (χ3n) is 2.62. The molecule has 0 atom stereocenters. The normalized spacial score (nSPS) is 16.9. The van der Waals surface area contributed by atoms with Gasteiger partial charge in [0, 0.05) is 11.6 Å². The molecule has 1 aromatic rings. The summed E-state index contributed by atoms with van der Waals surface area (Å²) in [5.74, 6) is 0.0280. The lowest BCUT2D eigenvalue weighted by atomic mass is 10.0. The molecule has 0 spiro atoms. The maximum atomic E-state index is 12.8. The summed E-state index contributed by atoms with van der Waals surface area (Å²) in [7, 11) is 0. The number of rotatable bonds is 1. The Labute approximate surface area is 86.3 Å². The van der Waals surface area contributed by atoms with Crippen LogP contribution < -0.4 is 0 Å². The zero-order chi connectivity index (χ0) is 11.2. The van der Waals surface area contributed by atoms with Crippen LogP contribution in [0.25, 0.3) is 0 Å². The van der Waals surface area contributed by atoms with E-state index in [2.05, 4.69) is 4.98 Å². The van der Waals surface area contributed by atoms with Gasteiger partial charge in [0.25, 0.3) is 0 Å². The van der Waals surface area contributed by atoms with E-state index in [-0.39, 0.29) is 17.2 Å². The predicted octanol–water partition coefficient (Wildman–Crippen LogP) is 3.59. The van der Waals surface area contributed by atoms with Crippen molar-refractivity contribution in [1.29, 1.82) is 0 Å². The van der Waals surface area contributed by atoms with Gasteiger partial charge in [0.2, 0.25) is 0 Å². The van der Waals surface area contributed by atoms with Crippen molar-refractivity contribution in [1.82, 2.24) is 4.98 Å². The lowest BCUT2D eigenvalue weighted by Crippen LogP contribution is -2.13. The Hall–Kier alpha value is -1.06. The van der Waals surface area contributed by atoms with Crippen molar-refractivity contribution in [2.45, 2.75) is 38.8 Å². The van der Waals surface area contributed by atoms with Crippen LogP contribution in [0.3, 0.4) is 0 Å². The monoisotopic (exact) mass is 215 g/mol. The highest BCUT2D eigenvalue weighted by Gasteiger charge is 2.40. The van der Waals surface area contributed by atoms with Gasteiger partial charge in [-0.15, -0.1) is 0 Å². The molecule has 0 unspecified atom stereocenters. The molecule has 0 aliphatic heterocycles. The molecule has 1 fully saturated rings. The molecule has 1 aliphatic carbocycles. The fraction of sp³-hybridized carbons (Fsp3) is 0.545. The molecule has 2 rings (SSSR count). The minimum Gasteiger partial charge on any atom is -0.257 e. The standard InChI is InChI=1S/C11H12F3N/c1-6-5-7(2)15-10(8-3-4-8)9(6)11(12,13)14/h5,8H,3-4H2,1-2H3. The van der Waals surface area contributed by atoms with Crippen LogP contribution >= 0.6 is 0 Å². The van der Waals surface area contributed by atoms with Crippen molar-refractivity contribution < 1.29 is 13.2 Å². The Bertz CT molecular complexity index is 392. The Balaban J connectivity index is 2.59. The SMILES string of the molecule is Cc1cc(C)c(C(F)(F)F)c(C2CC2)n1. The molecular formula is C11H12F3N. The summed E-state index contributed by atoms with van der Waals surface area (Å²) >= 11 is 0. The Morgan fingerprint density at radius 2 is 1.87 bits per heavy atom. The average molecular weight is 215 g/mol. The summed E-state index contributed by atoms with van der Waals surface area (Å²) in [6.45, 7) is 3.24. The Morgan fingerprint density at radius 1 is 1.27 bits per heavy atom. The van der Waals surface area contributed by atoms with Crippen molar-refractivity contribution in [2.24, 2.45) is 0 Å². The predicted molar refractivity (Wildman–Crippen MR) is 50.7 cm³/mol. The lowest BCUT2D eigenvalue weighted by molar-refractivity contribution is -0.139. The second kappa shape index (κ2) is 3.22. The molecule has 82 valence electrons. The first-order chi connectivity index (χ1) is 6.89. The van der Waals surface area contributed by atoms with Gasteiger partial charge < -0.3 is 0 Å². The first-order valence-electron chi connectivity index (χ1n) is 4.95. The smallest absolute Gasteiger partial charge is 0.257 e. The van der Waals surface area contributed by atoms with Crippen LogP contribution in [-0.4, -0.2) is 4.98 Å². The number of aromatic nitrogens is 1. The second-order valence-electron chi connectivity index (χ2n) is 4.11. The van der Waals surface area contributed by atoms with Gasteiger partial charge in [0.05, 0.1) is 11.3 Å². The first kappa shape index (κ1) is 10.5. The lowest BCUT2D eigenvalue weighted by Gasteiger charge is -2.15. The minimum absolute atomic E-state index is 0.0280. The summed E-state index contributed by atoms with van der Waals surface area (Å²) < 4.78 is 38.4. The minimum atomic E-state index is -4.28. The van der Waals surface area contributed by atoms with Crippen molar-refractivity contribution >= 4 is 0 Å². The van der Waals surface area contributed by atoms with Crippen LogP contribution in [-0.2, 0) is 6.18 Å². The number of alkyl halides is 3. The van der Waals surface area contributed by atoms with Crippen LogP contribution in [0.5, 0.6) is 0 Å². The van der Waals surface area contributed by atoms with E-state index < -0.39 is 11.7 Å². The average Bonchev–Trinajstić information content (AvgIpc) is 2.80. The molecule has 1 aliphatic rings. The maximum absolute atomic E-state index is 12.8. The third kappa shape index (κ3) is 1.98. The fourth-order valence-corrected chi connectivity index (χ4v) is 1.89. The van der Waals surface area contributed by atoms with Gasteiger partial charge in [-0.2, -0.15) is 13.2 Å². The molecule has 1 aromatic heterocycles. The number of pyridine rings is 1. The third-order valence-corrected chi connectivity index (χ3v) is 2.62. The van der Waals surface area contributed by atoms with E-state index in [1.165, 1.54) is 13.0 Å². The molecule has 0 amide bonds. The number of nitrogens with zero attached hydrogens (tertiary/aromatic N) is 1. The first-order valence-corrected chi connectivity index (χ1v) is 4.95. The maximum Gasteiger partial charge on any atom is 0.418 e. The molecule has 0 saturated heterocycles. The van der Waals surface area contributed by atoms with E-state index in [0.717, 1.165) is 12.8 Å². The largest absolute Gasteiger partial charge is 0.418 e. The molecule has 4 heteroatoms. The molecule has 1 nitrogen and oxygen atoms in total. The number of hydrogen-bond acceptors (Lipinski definition) is 1. The topological polar surface area (TPSA) is 12.9 Å². The van der Waals surface area contributed by atoms with Crippen LogP contribution in [0.4, 0.5) is 13.2 Å². The molecule has 15 heavy (non-hydrogen) atoms. The van der Waals surface area contributed by atoms with Crippen molar-refractivity contribution in [2.75, 3.05) is 0 Å². The van der Waals surface area contributed by atoms with Crippen LogP contribution in [0.1, 0.15) is 41.3 Å². The molecular weight excluding hydrogens is 203 g/mol. The van der Waals surface area contributed by atoms with Gasteiger partial charge >= 0.3 is 6.18 Å². The van der Waals surface area contributed by atoms with E-state index in [1.807, 2.05) is 0 Å². The summed E-state index contributed by atoms with van der Waals surface area (Å²) in [5.41, 5.74) is 0.690. The van der Waals surface area contributed by atoms with Gasteiger partial charge in [0.1, 0.15) is 0 Å². The number of halogens is 3. The van der Waals surface area contributed by atoms with Gasteiger partial charge in [0.15, 0.2) is 0 Å².